The highest BCUT2D eigenvalue weighted by Crippen LogP contribution is 2.23. The second-order valence-corrected chi connectivity index (χ2v) is 7.28. The fourth-order valence-corrected chi connectivity index (χ4v) is 3.38. The lowest BCUT2D eigenvalue weighted by Gasteiger charge is -2.12. The maximum Gasteiger partial charge on any atom is 0.0314 e. The van der Waals surface area contributed by atoms with Crippen LogP contribution >= 0.6 is 0 Å². The van der Waals surface area contributed by atoms with Gasteiger partial charge in [0.25, 0.3) is 0 Å². The minimum absolute atomic E-state index is 0.196. The van der Waals surface area contributed by atoms with Gasteiger partial charge >= 0.3 is 0 Å². The van der Waals surface area contributed by atoms with Crippen molar-refractivity contribution in [3.05, 3.63) is 65.7 Å². The van der Waals surface area contributed by atoms with E-state index in [2.05, 4.69) is 43.3 Å². The zero-order valence-electron chi connectivity index (χ0n) is 15.7. The van der Waals surface area contributed by atoms with E-state index in [1.807, 2.05) is 18.2 Å². The van der Waals surface area contributed by atoms with Crippen LogP contribution in [-0.4, -0.2) is 0 Å². The van der Waals surface area contributed by atoms with Crippen molar-refractivity contribution < 1.29 is 0 Å². The first kappa shape index (κ1) is 19.5. The smallest absolute Gasteiger partial charge is 0.0314 e. The summed E-state index contributed by atoms with van der Waals surface area (Å²) in [6, 6.07) is 19.0. The zero-order chi connectivity index (χ0) is 17.9. The van der Waals surface area contributed by atoms with Crippen LogP contribution in [0.25, 0.3) is 0 Å². The van der Waals surface area contributed by atoms with Gasteiger partial charge in [-0.05, 0) is 42.0 Å². The molecule has 25 heavy (non-hydrogen) atoms. The standard InChI is InChI=1S/C23H34N2/c1-19(20-15-17-22(24)18-16-20)11-7-4-2-3-5-10-14-23(25)21-12-8-6-9-13-21/h6,8-9,12-13,15-19,23H,2-5,7,10-11,14,24-25H2,1H3. The summed E-state index contributed by atoms with van der Waals surface area (Å²) in [6.07, 6.45) is 10.2. The molecule has 136 valence electrons. The lowest BCUT2D eigenvalue weighted by molar-refractivity contribution is 0.526. The first-order valence-corrected chi connectivity index (χ1v) is 9.83. The van der Waals surface area contributed by atoms with E-state index in [0.29, 0.717) is 5.92 Å². The average molecular weight is 339 g/mol. The van der Waals surface area contributed by atoms with Gasteiger partial charge < -0.3 is 11.5 Å². The SMILES string of the molecule is CC(CCCCCCCCC(N)c1ccccc1)c1ccc(N)cc1. The Labute approximate surface area is 153 Å². The van der Waals surface area contributed by atoms with Crippen LogP contribution in [0.3, 0.4) is 0 Å². The van der Waals surface area contributed by atoms with Gasteiger partial charge in [-0.25, -0.2) is 0 Å². The maximum atomic E-state index is 6.25. The Balaban J connectivity index is 1.49. The van der Waals surface area contributed by atoms with Crippen molar-refractivity contribution in [1.29, 1.82) is 0 Å². The van der Waals surface area contributed by atoms with Crippen LogP contribution in [0.1, 0.15) is 81.4 Å². The Bertz CT molecular complexity index is 577. The highest BCUT2D eigenvalue weighted by molar-refractivity contribution is 5.40. The van der Waals surface area contributed by atoms with Crippen molar-refractivity contribution >= 4 is 5.69 Å². The van der Waals surface area contributed by atoms with Crippen LogP contribution in [0.2, 0.25) is 0 Å². The summed E-state index contributed by atoms with van der Waals surface area (Å²) in [6.45, 7) is 2.32. The van der Waals surface area contributed by atoms with Gasteiger partial charge in [-0.3, -0.25) is 0 Å². The summed E-state index contributed by atoms with van der Waals surface area (Å²) in [5.74, 6) is 0.629. The van der Waals surface area contributed by atoms with Crippen LogP contribution < -0.4 is 11.5 Å². The van der Waals surface area contributed by atoms with Crippen LogP contribution in [0.15, 0.2) is 54.6 Å². The first-order chi connectivity index (χ1) is 12.2. The number of rotatable bonds is 11. The van der Waals surface area contributed by atoms with Crippen LogP contribution in [0.4, 0.5) is 5.69 Å². The Morgan fingerprint density at radius 2 is 1.24 bits per heavy atom. The lowest BCUT2D eigenvalue weighted by atomic mass is 9.94. The van der Waals surface area contributed by atoms with E-state index in [0.717, 1.165) is 12.1 Å². The summed E-state index contributed by atoms with van der Waals surface area (Å²) in [4.78, 5) is 0. The number of unbranched alkanes of at least 4 members (excludes halogenated alkanes) is 5. The Hall–Kier alpha value is -1.80. The fourth-order valence-electron chi connectivity index (χ4n) is 3.38. The van der Waals surface area contributed by atoms with E-state index in [1.54, 1.807) is 0 Å². The quantitative estimate of drug-likeness (QED) is 0.379. The molecule has 0 heterocycles. The first-order valence-electron chi connectivity index (χ1n) is 9.83. The molecule has 0 saturated heterocycles. The summed E-state index contributed by atoms with van der Waals surface area (Å²) in [5.41, 5.74) is 15.5. The lowest BCUT2D eigenvalue weighted by Crippen LogP contribution is -2.09. The number of hydrogen-bond acceptors (Lipinski definition) is 2. The van der Waals surface area contributed by atoms with Crippen molar-refractivity contribution in [2.45, 2.75) is 70.3 Å². The molecule has 0 amide bonds. The molecule has 0 bridgehead atoms. The molecule has 0 saturated carbocycles. The third-order valence-electron chi connectivity index (χ3n) is 5.14. The van der Waals surface area contributed by atoms with Crippen LogP contribution in [0.5, 0.6) is 0 Å². The Morgan fingerprint density at radius 3 is 1.88 bits per heavy atom. The molecule has 2 heteroatoms. The minimum Gasteiger partial charge on any atom is -0.399 e. The van der Waals surface area contributed by atoms with Gasteiger partial charge in [0.15, 0.2) is 0 Å². The molecule has 0 aromatic heterocycles. The molecule has 0 aliphatic carbocycles. The molecule has 0 spiro atoms. The normalized spacial score (nSPS) is 13.5. The molecule has 2 aromatic carbocycles. The van der Waals surface area contributed by atoms with Crippen molar-refractivity contribution in [3.8, 4) is 0 Å². The predicted octanol–water partition coefficient (Wildman–Crippen LogP) is 6.19. The zero-order valence-corrected chi connectivity index (χ0v) is 15.7. The summed E-state index contributed by atoms with van der Waals surface area (Å²) >= 11 is 0. The van der Waals surface area contributed by atoms with Crippen molar-refractivity contribution in [3.63, 3.8) is 0 Å². The van der Waals surface area contributed by atoms with Gasteiger partial charge in [0.1, 0.15) is 0 Å². The molecular formula is C23H34N2. The molecule has 2 rings (SSSR count). The maximum absolute atomic E-state index is 6.25. The van der Waals surface area contributed by atoms with Crippen molar-refractivity contribution in [2.75, 3.05) is 5.73 Å². The van der Waals surface area contributed by atoms with Gasteiger partial charge in [0.05, 0.1) is 0 Å². The highest BCUT2D eigenvalue weighted by atomic mass is 14.6. The average Bonchev–Trinajstić information content (AvgIpc) is 2.64. The number of hydrogen-bond donors (Lipinski definition) is 2. The molecule has 2 aromatic rings. The minimum atomic E-state index is 0.196. The third kappa shape index (κ3) is 7.31. The van der Waals surface area contributed by atoms with Gasteiger partial charge in [0, 0.05) is 11.7 Å². The summed E-state index contributed by atoms with van der Waals surface area (Å²) < 4.78 is 0. The van der Waals surface area contributed by atoms with E-state index in [1.165, 1.54) is 56.1 Å². The molecule has 2 nitrogen and oxygen atoms in total. The van der Waals surface area contributed by atoms with Gasteiger partial charge in [0.2, 0.25) is 0 Å². The van der Waals surface area contributed by atoms with Gasteiger partial charge in [-0.2, -0.15) is 0 Å². The van der Waals surface area contributed by atoms with Crippen LogP contribution in [-0.2, 0) is 0 Å². The third-order valence-corrected chi connectivity index (χ3v) is 5.14. The number of nitrogen functional groups attached to an aromatic ring is 1. The largest absolute Gasteiger partial charge is 0.399 e. The molecule has 4 N–H and O–H groups in total. The fraction of sp³-hybridized carbons (Fsp3) is 0.478. The monoisotopic (exact) mass is 338 g/mol. The van der Waals surface area contributed by atoms with Gasteiger partial charge in [-0.15, -0.1) is 0 Å². The molecular weight excluding hydrogens is 304 g/mol. The molecule has 0 aliphatic heterocycles. The predicted molar refractivity (Wildman–Crippen MR) is 110 cm³/mol. The van der Waals surface area contributed by atoms with Crippen LogP contribution in [0, 0.1) is 0 Å². The number of nitrogens with two attached hydrogens (primary N) is 2. The van der Waals surface area contributed by atoms with Crippen molar-refractivity contribution in [1.82, 2.24) is 0 Å². The molecule has 2 atom stereocenters. The summed E-state index contributed by atoms with van der Waals surface area (Å²) in [7, 11) is 0. The second kappa shape index (κ2) is 10.9. The molecule has 2 unspecified atom stereocenters. The number of benzene rings is 2. The van der Waals surface area contributed by atoms with E-state index < -0.39 is 0 Å². The Kier molecular flexibility index (Phi) is 8.54. The van der Waals surface area contributed by atoms with E-state index >= 15 is 0 Å². The van der Waals surface area contributed by atoms with Crippen molar-refractivity contribution in [2.24, 2.45) is 5.73 Å². The van der Waals surface area contributed by atoms with Gasteiger partial charge in [-0.1, -0.05) is 87.9 Å². The molecule has 0 radical (unpaired) electrons. The van der Waals surface area contributed by atoms with E-state index in [-0.39, 0.29) is 6.04 Å². The van der Waals surface area contributed by atoms with E-state index in [9.17, 15) is 0 Å². The molecule has 0 aliphatic rings. The topological polar surface area (TPSA) is 52.0 Å². The Morgan fingerprint density at radius 1 is 0.680 bits per heavy atom. The number of anilines is 1. The molecule has 0 fully saturated rings. The summed E-state index contributed by atoms with van der Waals surface area (Å²) in [5, 5.41) is 0. The van der Waals surface area contributed by atoms with E-state index in [4.69, 9.17) is 11.5 Å². The highest BCUT2D eigenvalue weighted by Gasteiger charge is 2.06. The second-order valence-electron chi connectivity index (χ2n) is 7.28.